The number of hydrogen-bond donors (Lipinski definition) is 2. The summed E-state index contributed by atoms with van der Waals surface area (Å²) < 4.78 is 16.1. The van der Waals surface area contributed by atoms with E-state index in [1.165, 1.54) is 28.6 Å². The predicted molar refractivity (Wildman–Crippen MR) is 102 cm³/mol. The molecule has 0 aliphatic carbocycles. The van der Waals surface area contributed by atoms with Gasteiger partial charge in [-0.05, 0) is 45.0 Å². The van der Waals surface area contributed by atoms with Crippen molar-refractivity contribution in [2.24, 2.45) is 7.05 Å². The summed E-state index contributed by atoms with van der Waals surface area (Å²) in [6, 6.07) is 5.79. The lowest BCUT2D eigenvalue weighted by atomic mass is 10.2. The first-order valence-electron chi connectivity index (χ1n) is 8.22. The van der Waals surface area contributed by atoms with Gasteiger partial charge in [0.15, 0.2) is 5.82 Å². The summed E-state index contributed by atoms with van der Waals surface area (Å²) >= 11 is 1.19. The fraction of sp³-hybridized carbons (Fsp3) is 0.294. The summed E-state index contributed by atoms with van der Waals surface area (Å²) in [7, 11) is 1.82. The van der Waals surface area contributed by atoms with E-state index in [1.807, 2.05) is 20.9 Å². The van der Waals surface area contributed by atoms with Crippen molar-refractivity contribution in [2.75, 3.05) is 11.2 Å². The number of aromatic nitrogens is 5. The molecular formula is C17H20FN7OS. The number of carbonyl (C=O) groups excluding carboxylic acids is 1. The Hall–Kier alpha value is -2.88. The van der Waals surface area contributed by atoms with Crippen LogP contribution in [0, 0.1) is 19.7 Å². The first-order valence-corrected chi connectivity index (χ1v) is 9.10. The van der Waals surface area contributed by atoms with E-state index in [4.69, 9.17) is 5.84 Å². The van der Waals surface area contributed by atoms with Crippen LogP contribution in [0.3, 0.4) is 0 Å². The number of halogens is 1. The van der Waals surface area contributed by atoms with Crippen LogP contribution >= 0.6 is 11.8 Å². The highest BCUT2D eigenvalue weighted by Gasteiger charge is 2.22. The predicted octanol–water partition coefficient (Wildman–Crippen LogP) is 2.27. The number of nitrogen functional groups attached to an aromatic ring is 1. The van der Waals surface area contributed by atoms with Gasteiger partial charge in [0, 0.05) is 12.6 Å². The maximum Gasteiger partial charge on any atom is 0.237 e. The summed E-state index contributed by atoms with van der Waals surface area (Å²) in [4.78, 5) is 12.5. The van der Waals surface area contributed by atoms with E-state index < -0.39 is 5.25 Å². The number of carbonyl (C=O) groups is 1. The Morgan fingerprint density at radius 2 is 1.93 bits per heavy atom. The average Bonchev–Trinajstić information content (AvgIpc) is 3.10. The topological polar surface area (TPSA) is 104 Å². The fourth-order valence-electron chi connectivity index (χ4n) is 2.54. The molecule has 1 unspecified atom stereocenters. The van der Waals surface area contributed by atoms with Gasteiger partial charge in [-0.3, -0.25) is 9.48 Å². The minimum Gasteiger partial charge on any atom is -0.335 e. The van der Waals surface area contributed by atoms with Crippen LogP contribution in [0.1, 0.15) is 18.3 Å². The van der Waals surface area contributed by atoms with Crippen molar-refractivity contribution in [3.63, 3.8) is 0 Å². The van der Waals surface area contributed by atoms with E-state index in [0.717, 1.165) is 11.4 Å². The van der Waals surface area contributed by atoms with Crippen molar-refractivity contribution >= 4 is 23.4 Å². The van der Waals surface area contributed by atoms with E-state index in [9.17, 15) is 9.18 Å². The fourth-order valence-corrected chi connectivity index (χ4v) is 3.31. The third-order valence-electron chi connectivity index (χ3n) is 4.18. The second kappa shape index (κ2) is 7.39. The molecule has 27 heavy (non-hydrogen) atoms. The van der Waals surface area contributed by atoms with Gasteiger partial charge in [0.1, 0.15) is 5.82 Å². The smallest absolute Gasteiger partial charge is 0.237 e. The highest BCUT2D eigenvalue weighted by atomic mass is 32.2. The molecule has 0 saturated heterocycles. The molecule has 142 valence electrons. The van der Waals surface area contributed by atoms with Crippen molar-refractivity contribution in [3.05, 3.63) is 41.5 Å². The summed E-state index contributed by atoms with van der Waals surface area (Å²) in [5.41, 5.74) is 2.97. The first kappa shape index (κ1) is 18.9. The SMILES string of the molecule is Cc1nn(C)c(C)c1NC(=O)C(C)Sc1nnc(-c2ccc(F)cc2)n1N. The lowest BCUT2D eigenvalue weighted by Gasteiger charge is -2.12. The third kappa shape index (κ3) is 3.80. The number of hydrogen-bond acceptors (Lipinski definition) is 6. The monoisotopic (exact) mass is 389 g/mol. The highest BCUT2D eigenvalue weighted by Crippen LogP contribution is 2.26. The van der Waals surface area contributed by atoms with E-state index in [-0.39, 0.29) is 11.7 Å². The van der Waals surface area contributed by atoms with Crippen molar-refractivity contribution in [2.45, 2.75) is 31.2 Å². The summed E-state index contributed by atoms with van der Waals surface area (Å²) in [5.74, 6) is 5.92. The number of nitrogens with two attached hydrogens (primary N) is 1. The number of rotatable bonds is 5. The molecule has 0 aliphatic heterocycles. The molecule has 1 aromatic carbocycles. The molecule has 0 spiro atoms. The first-order chi connectivity index (χ1) is 12.8. The van der Waals surface area contributed by atoms with Gasteiger partial charge in [-0.25, -0.2) is 9.07 Å². The Labute approximate surface area is 159 Å². The molecule has 2 aromatic heterocycles. The molecule has 3 N–H and O–H groups in total. The van der Waals surface area contributed by atoms with Gasteiger partial charge in [0.25, 0.3) is 0 Å². The lowest BCUT2D eigenvalue weighted by Crippen LogP contribution is -2.24. The van der Waals surface area contributed by atoms with Gasteiger partial charge < -0.3 is 11.2 Å². The molecule has 3 aromatic rings. The van der Waals surface area contributed by atoms with Gasteiger partial charge in [-0.15, -0.1) is 10.2 Å². The number of nitrogens with zero attached hydrogens (tertiary/aromatic N) is 5. The van der Waals surface area contributed by atoms with E-state index in [1.54, 1.807) is 23.7 Å². The molecule has 0 aliphatic rings. The molecule has 8 nitrogen and oxygen atoms in total. The van der Waals surface area contributed by atoms with Crippen LogP contribution in [0.25, 0.3) is 11.4 Å². The maximum atomic E-state index is 13.1. The van der Waals surface area contributed by atoms with Crippen LogP contribution in [0.2, 0.25) is 0 Å². The van der Waals surface area contributed by atoms with E-state index in [0.29, 0.717) is 22.2 Å². The second-order valence-electron chi connectivity index (χ2n) is 6.10. The molecule has 1 amide bonds. The number of nitrogens with one attached hydrogen (secondary N) is 1. The van der Waals surface area contributed by atoms with E-state index >= 15 is 0 Å². The molecule has 0 fully saturated rings. The zero-order chi connectivity index (χ0) is 19.7. The zero-order valence-electron chi connectivity index (χ0n) is 15.4. The van der Waals surface area contributed by atoms with Crippen molar-refractivity contribution < 1.29 is 9.18 Å². The van der Waals surface area contributed by atoms with Crippen LogP contribution in [-0.2, 0) is 11.8 Å². The van der Waals surface area contributed by atoms with Crippen molar-refractivity contribution in [1.29, 1.82) is 0 Å². The Morgan fingerprint density at radius 1 is 1.26 bits per heavy atom. The summed E-state index contributed by atoms with van der Waals surface area (Å²) in [6.45, 7) is 5.48. The molecular weight excluding hydrogens is 369 g/mol. The van der Waals surface area contributed by atoms with Crippen LogP contribution in [0.4, 0.5) is 10.1 Å². The quantitative estimate of drug-likeness (QED) is 0.512. The Bertz CT molecular complexity index is 980. The normalized spacial score (nSPS) is 12.2. The van der Waals surface area contributed by atoms with Crippen LogP contribution < -0.4 is 11.2 Å². The average molecular weight is 389 g/mol. The van der Waals surface area contributed by atoms with Crippen LogP contribution in [0.15, 0.2) is 29.4 Å². The Kier molecular flexibility index (Phi) is 5.17. The van der Waals surface area contributed by atoms with Gasteiger partial charge in [0.05, 0.1) is 22.3 Å². The summed E-state index contributed by atoms with van der Waals surface area (Å²) in [6.07, 6.45) is 0. The van der Waals surface area contributed by atoms with E-state index in [2.05, 4.69) is 20.6 Å². The molecule has 3 rings (SSSR count). The molecule has 2 heterocycles. The standard InChI is InChI=1S/C17H20FN7OS/c1-9-14(10(2)24(4)23-9)20-16(26)11(3)27-17-22-21-15(25(17)19)12-5-7-13(18)8-6-12/h5-8,11H,19H2,1-4H3,(H,20,26). The third-order valence-corrected chi connectivity index (χ3v) is 5.23. The highest BCUT2D eigenvalue weighted by molar-refractivity contribution is 8.00. The van der Waals surface area contributed by atoms with Gasteiger partial charge in [-0.2, -0.15) is 5.10 Å². The van der Waals surface area contributed by atoms with Gasteiger partial charge in [0.2, 0.25) is 11.1 Å². The molecule has 1 atom stereocenters. The van der Waals surface area contributed by atoms with Gasteiger partial charge in [-0.1, -0.05) is 11.8 Å². The minimum absolute atomic E-state index is 0.189. The summed E-state index contributed by atoms with van der Waals surface area (Å²) in [5, 5.41) is 15.2. The molecule has 10 heteroatoms. The Morgan fingerprint density at radius 3 is 2.52 bits per heavy atom. The lowest BCUT2D eigenvalue weighted by molar-refractivity contribution is -0.115. The zero-order valence-corrected chi connectivity index (χ0v) is 16.2. The number of thioether (sulfide) groups is 1. The Balaban J connectivity index is 1.73. The van der Waals surface area contributed by atoms with Crippen LogP contribution in [-0.4, -0.2) is 35.8 Å². The molecule has 0 radical (unpaired) electrons. The van der Waals surface area contributed by atoms with Crippen molar-refractivity contribution in [1.82, 2.24) is 24.7 Å². The van der Waals surface area contributed by atoms with Gasteiger partial charge >= 0.3 is 0 Å². The van der Waals surface area contributed by atoms with Crippen LogP contribution in [0.5, 0.6) is 0 Å². The largest absolute Gasteiger partial charge is 0.335 e. The number of benzene rings is 1. The maximum absolute atomic E-state index is 13.1. The number of aryl methyl sites for hydroxylation is 2. The minimum atomic E-state index is -0.462. The molecule has 0 bridgehead atoms. The molecule has 0 saturated carbocycles. The number of anilines is 1. The van der Waals surface area contributed by atoms with Crippen molar-refractivity contribution in [3.8, 4) is 11.4 Å². The second-order valence-corrected chi connectivity index (χ2v) is 7.41. The number of amides is 1.